The molecule has 1 fully saturated rings. The van der Waals surface area contributed by atoms with Crippen LogP contribution in [0.3, 0.4) is 0 Å². The van der Waals surface area contributed by atoms with Gasteiger partial charge in [-0.05, 0) is 62.2 Å². The average molecular weight is 534 g/mol. The number of imidazole rings is 1. The Hall–Kier alpha value is -4.43. The van der Waals surface area contributed by atoms with Crippen molar-refractivity contribution in [1.82, 2.24) is 24.8 Å². The number of nitrogens with one attached hydrogen (secondary N) is 2. The maximum Gasteiger partial charge on any atom is 0.418 e. The number of benzene rings is 2. The molecule has 1 aliphatic heterocycles. The van der Waals surface area contributed by atoms with Crippen molar-refractivity contribution in [2.24, 2.45) is 0 Å². The Morgan fingerprint density at radius 3 is 2.56 bits per heavy atom. The van der Waals surface area contributed by atoms with Crippen LogP contribution in [-0.2, 0) is 6.18 Å². The van der Waals surface area contributed by atoms with Crippen molar-refractivity contribution in [2.45, 2.75) is 20.0 Å². The first-order valence-electron chi connectivity index (χ1n) is 12.3. The lowest BCUT2D eigenvalue weighted by molar-refractivity contribution is -0.137. The standard InChI is InChI=1S/C28H26F3N7O/c1-17-4-5-20(14-19(17)6-7-21-15-32-25-26(35-21)34-16-33-25)27(39)36-22-8-9-23(24(18(22)2)28(29,30)31)38-12-10-37(3)11-13-38/h4-5,8-9,14-16H,10-13H2,1-3H3,(H,36,39)(H,32,33,34,35). The van der Waals surface area contributed by atoms with Crippen LogP contribution in [0.1, 0.15) is 38.3 Å². The van der Waals surface area contributed by atoms with Crippen LogP contribution in [0.4, 0.5) is 24.5 Å². The second kappa shape index (κ2) is 10.4. The number of aryl methyl sites for hydroxylation is 1. The molecular weight excluding hydrogens is 507 g/mol. The molecule has 1 aliphatic rings. The number of halogens is 3. The smallest absolute Gasteiger partial charge is 0.368 e. The monoisotopic (exact) mass is 533 g/mol. The predicted molar refractivity (Wildman–Crippen MR) is 143 cm³/mol. The van der Waals surface area contributed by atoms with Crippen molar-refractivity contribution >= 4 is 28.6 Å². The normalized spacial score (nSPS) is 14.3. The Labute approximate surface area is 223 Å². The van der Waals surface area contributed by atoms with Crippen LogP contribution in [0.2, 0.25) is 0 Å². The summed E-state index contributed by atoms with van der Waals surface area (Å²) in [5.74, 6) is 5.42. The molecule has 0 radical (unpaired) electrons. The van der Waals surface area contributed by atoms with E-state index in [1.807, 2.05) is 14.0 Å². The van der Waals surface area contributed by atoms with Gasteiger partial charge in [-0.15, -0.1) is 0 Å². The van der Waals surface area contributed by atoms with Crippen LogP contribution in [0.5, 0.6) is 0 Å². The molecule has 0 saturated carbocycles. The highest BCUT2D eigenvalue weighted by Gasteiger charge is 2.38. The molecule has 0 atom stereocenters. The Morgan fingerprint density at radius 2 is 1.82 bits per heavy atom. The van der Waals surface area contributed by atoms with Gasteiger partial charge in [-0.2, -0.15) is 13.2 Å². The third-order valence-electron chi connectivity index (χ3n) is 6.78. The maximum atomic E-state index is 14.2. The van der Waals surface area contributed by atoms with E-state index in [0.717, 1.165) is 5.56 Å². The molecule has 2 aromatic carbocycles. The van der Waals surface area contributed by atoms with Gasteiger partial charge >= 0.3 is 6.18 Å². The lowest BCUT2D eigenvalue weighted by atomic mass is 10.0. The van der Waals surface area contributed by atoms with E-state index in [1.54, 1.807) is 23.1 Å². The van der Waals surface area contributed by atoms with Gasteiger partial charge in [0.25, 0.3) is 5.91 Å². The lowest BCUT2D eigenvalue weighted by Gasteiger charge is -2.36. The van der Waals surface area contributed by atoms with Gasteiger partial charge in [-0.3, -0.25) is 4.79 Å². The number of nitrogens with zero attached hydrogens (tertiary/aromatic N) is 5. The van der Waals surface area contributed by atoms with E-state index in [0.29, 0.717) is 48.7 Å². The number of rotatable bonds is 3. The average Bonchev–Trinajstić information content (AvgIpc) is 3.37. The van der Waals surface area contributed by atoms with Crippen LogP contribution >= 0.6 is 0 Å². The minimum absolute atomic E-state index is 0.0211. The zero-order valence-electron chi connectivity index (χ0n) is 21.6. The third kappa shape index (κ3) is 5.56. The summed E-state index contributed by atoms with van der Waals surface area (Å²) < 4.78 is 42.6. The molecule has 200 valence electrons. The number of likely N-dealkylation sites (N-methyl/N-ethyl adjacent to an activating group) is 1. The second-order valence-corrected chi connectivity index (χ2v) is 9.48. The van der Waals surface area contributed by atoms with Gasteiger partial charge in [0.05, 0.1) is 18.1 Å². The number of H-pyrrole nitrogens is 1. The summed E-state index contributed by atoms with van der Waals surface area (Å²) in [4.78, 5) is 32.4. The number of anilines is 2. The first-order chi connectivity index (χ1) is 18.6. The van der Waals surface area contributed by atoms with Crippen molar-refractivity contribution in [2.75, 3.05) is 43.4 Å². The molecule has 1 amide bonds. The number of amides is 1. The van der Waals surface area contributed by atoms with Crippen LogP contribution in [0.25, 0.3) is 11.3 Å². The largest absolute Gasteiger partial charge is 0.418 e. The summed E-state index contributed by atoms with van der Waals surface area (Å²) in [5.41, 5.74) is 2.62. The summed E-state index contributed by atoms with van der Waals surface area (Å²) in [5, 5.41) is 2.67. The van der Waals surface area contributed by atoms with Gasteiger partial charge in [0.2, 0.25) is 0 Å². The van der Waals surface area contributed by atoms with Crippen molar-refractivity contribution in [3.63, 3.8) is 0 Å². The first-order valence-corrected chi connectivity index (χ1v) is 12.3. The lowest BCUT2D eigenvalue weighted by Crippen LogP contribution is -2.45. The molecule has 2 aromatic heterocycles. The molecule has 0 unspecified atom stereocenters. The van der Waals surface area contributed by atoms with Crippen molar-refractivity contribution in [1.29, 1.82) is 0 Å². The summed E-state index contributed by atoms with van der Waals surface area (Å²) in [6.45, 7) is 5.60. The third-order valence-corrected chi connectivity index (χ3v) is 6.78. The summed E-state index contributed by atoms with van der Waals surface area (Å²) in [7, 11) is 1.95. The predicted octanol–water partition coefficient (Wildman–Crippen LogP) is 4.39. The minimum atomic E-state index is -4.57. The molecule has 8 nitrogen and oxygen atoms in total. The number of aromatic amines is 1. The van der Waals surface area contributed by atoms with Gasteiger partial charge in [0.1, 0.15) is 5.69 Å². The number of carbonyl (C=O) groups excluding carboxylic acids is 1. The summed E-state index contributed by atoms with van der Waals surface area (Å²) >= 11 is 0. The Kier molecular flexibility index (Phi) is 6.97. The Balaban J connectivity index is 1.40. The maximum absolute atomic E-state index is 14.2. The van der Waals surface area contributed by atoms with Crippen LogP contribution in [-0.4, -0.2) is 64.0 Å². The molecule has 5 rings (SSSR count). The number of alkyl halides is 3. The number of aromatic nitrogens is 4. The molecule has 39 heavy (non-hydrogen) atoms. The Morgan fingerprint density at radius 1 is 1.05 bits per heavy atom. The van der Waals surface area contributed by atoms with E-state index in [-0.39, 0.29) is 22.5 Å². The highest BCUT2D eigenvalue weighted by atomic mass is 19.4. The number of hydrogen-bond donors (Lipinski definition) is 2. The van der Waals surface area contributed by atoms with Gasteiger partial charge in [-0.1, -0.05) is 12.0 Å². The van der Waals surface area contributed by atoms with Gasteiger partial charge in [0, 0.05) is 48.7 Å². The Bertz CT molecular complexity index is 1610. The van der Waals surface area contributed by atoms with Gasteiger partial charge < -0.3 is 20.1 Å². The molecule has 0 aliphatic carbocycles. The van der Waals surface area contributed by atoms with Gasteiger partial charge in [0.15, 0.2) is 11.3 Å². The molecule has 0 spiro atoms. The molecule has 11 heteroatoms. The fourth-order valence-electron chi connectivity index (χ4n) is 4.51. The van der Waals surface area contributed by atoms with Crippen LogP contribution < -0.4 is 10.2 Å². The van der Waals surface area contributed by atoms with Crippen molar-refractivity contribution < 1.29 is 18.0 Å². The first kappa shape index (κ1) is 26.2. The quantitative estimate of drug-likeness (QED) is 0.380. The number of carbonyl (C=O) groups is 1. The molecule has 2 N–H and O–H groups in total. The van der Waals surface area contributed by atoms with E-state index in [4.69, 9.17) is 0 Å². The molecule has 3 heterocycles. The number of fused-ring (bicyclic) bond motifs is 1. The number of hydrogen-bond acceptors (Lipinski definition) is 6. The summed E-state index contributed by atoms with van der Waals surface area (Å²) in [6, 6.07) is 7.95. The van der Waals surface area contributed by atoms with Crippen LogP contribution in [0, 0.1) is 25.7 Å². The highest BCUT2D eigenvalue weighted by molar-refractivity contribution is 6.05. The van der Waals surface area contributed by atoms with Crippen molar-refractivity contribution in [3.05, 3.63) is 76.4 Å². The minimum Gasteiger partial charge on any atom is -0.368 e. The molecular formula is C28H26F3N7O. The van der Waals surface area contributed by atoms with E-state index < -0.39 is 17.6 Å². The van der Waals surface area contributed by atoms with Crippen molar-refractivity contribution in [3.8, 4) is 11.8 Å². The summed E-state index contributed by atoms with van der Waals surface area (Å²) in [6.07, 6.45) is -1.57. The zero-order chi connectivity index (χ0) is 27.7. The molecule has 1 saturated heterocycles. The van der Waals surface area contributed by atoms with E-state index >= 15 is 0 Å². The number of piperazine rings is 1. The van der Waals surface area contributed by atoms with Gasteiger partial charge in [-0.25, -0.2) is 15.0 Å². The highest BCUT2D eigenvalue weighted by Crippen LogP contribution is 2.42. The van der Waals surface area contributed by atoms with E-state index in [9.17, 15) is 18.0 Å². The molecule has 0 bridgehead atoms. The fourth-order valence-corrected chi connectivity index (χ4v) is 4.51. The SMILES string of the molecule is Cc1ccc(C(=O)Nc2ccc(N3CCN(C)CC3)c(C(F)(F)F)c2C)cc1C#Cc1cnc2nc[nH]c2n1. The molecule has 4 aromatic rings. The zero-order valence-corrected chi connectivity index (χ0v) is 21.6. The second-order valence-electron chi connectivity index (χ2n) is 9.48. The van der Waals surface area contributed by atoms with E-state index in [1.165, 1.54) is 31.6 Å². The fraction of sp³-hybridized carbons (Fsp3) is 0.286. The van der Waals surface area contributed by atoms with E-state index in [2.05, 4.69) is 42.0 Å². The van der Waals surface area contributed by atoms with Crippen LogP contribution in [0.15, 0.2) is 42.9 Å². The topological polar surface area (TPSA) is 90.0 Å².